The highest BCUT2D eigenvalue weighted by Crippen LogP contribution is 2.69. The molecule has 1 amide bonds. The van der Waals surface area contributed by atoms with E-state index in [1.165, 1.54) is 18.1 Å². The fraction of sp³-hybridized carbons (Fsp3) is 0.778. The summed E-state index contributed by atoms with van der Waals surface area (Å²) in [5.74, 6) is -0.184. The molecule has 1 aliphatic heterocycles. The molecule has 1 spiro atoms. The Labute approximate surface area is 202 Å². The maximum atomic E-state index is 12.4. The van der Waals surface area contributed by atoms with Gasteiger partial charge in [0, 0.05) is 25.2 Å². The fourth-order valence-electron chi connectivity index (χ4n) is 8.53. The molecular formula is C27H39NO6. The molecule has 4 aliphatic carbocycles. The lowest BCUT2D eigenvalue weighted by atomic mass is 9.45. The van der Waals surface area contributed by atoms with Gasteiger partial charge in [0.2, 0.25) is 6.41 Å². The molecule has 5 rings (SSSR count). The van der Waals surface area contributed by atoms with Crippen molar-refractivity contribution < 1.29 is 28.9 Å². The summed E-state index contributed by atoms with van der Waals surface area (Å²) >= 11 is 0. The summed E-state index contributed by atoms with van der Waals surface area (Å²) in [6.07, 6.45) is 8.82. The summed E-state index contributed by atoms with van der Waals surface area (Å²) < 4.78 is 17.4. The Morgan fingerprint density at radius 3 is 2.62 bits per heavy atom. The van der Waals surface area contributed by atoms with E-state index < -0.39 is 11.4 Å². The molecule has 34 heavy (non-hydrogen) atoms. The van der Waals surface area contributed by atoms with Gasteiger partial charge < -0.3 is 24.6 Å². The zero-order valence-electron chi connectivity index (χ0n) is 20.9. The lowest BCUT2D eigenvalue weighted by Crippen LogP contribution is -2.63. The lowest BCUT2D eigenvalue weighted by Gasteiger charge is -2.63. The van der Waals surface area contributed by atoms with E-state index in [1.807, 2.05) is 0 Å². The number of hydrogen-bond acceptors (Lipinski definition) is 6. The Balaban J connectivity index is 1.49. The number of rotatable bonds is 4. The Hall–Kier alpha value is -1.70. The molecule has 188 valence electrons. The van der Waals surface area contributed by atoms with Crippen LogP contribution in [0.25, 0.3) is 0 Å². The standard InChI is InChI=1S/C27H39NO6/c1-17-13-21-20-6-5-19-14-26(33-11-12-34-26)9-8-25(19,4)27(20,31)10-7-24(21,3)23(17)22(28-16-29)15-32-18(2)30/h5,16-17,20-21,31H,6-15H2,1-4H3,(H,28,29)/t17-,20-,21-,24-,25-,27+/m0/s1. The quantitative estimate of drug-likeness (QED) is 0.368. The minimum atomic E-state index is -0.773. The van der Waals surface area contributed by atoms with E-state index in [2.05, 4.69) is 32.2 Å². The van der Waals surface area contributed by atoms with Gasteiger partial charge in [-0.1, -0.05) is 32.4 Å². The Bertz CT molecular complexity index is 935. The van der Waals surface area contributed by atoms with Gasteiger partial charge >= 0.3 is 5.97 Å². The van der Waals surface area contributed by atoms with Gasteiger partial charge in [-0.05, 0) is 60.8 Å². The molecule has 0 bridgehead atoms. The van der Waals surface area contributed by atoms with Crippen LogP contribution in [-0.4, -0.2) is 48.7 Å². The molecule has 0 aromatic heterocycles. The molecule has 0 aromatic carbocycles. The third kappa shape index (κ3) is 3.34. The predicted octanol–water partition coefficient (Wildman–Crippen LogP) is 3.62. The third-order valence-electron chi connectivity index (χ3n) is 10.2. The first-order valence-electron chi connectivity index (χ1n) is 12.9. The van der Waals surface area contributed by atoms with E-state index in [-0.39, 0.29) is 35.2 Å². The molecule has 5 aliphatic rings. The van der Waals surface area contributed by atoms with Gasteiger partial charge in [0.1, 0.15) is 6.61 Å². The van der Waals surface area contributed by atoms with Crippen LogP contribution in [0.5, 0.6) is 0 Å². The molecule has 1 saturated heterocycles. The summed E-state index contributed by atoms with van der Waals surface area (Å²) in [6.45, 7) is 9.50. The van der Waals surface area contributed by atoms with Gasteiger partial charge in [-0.15, -0.1) is 0 Å². The van der Waals surface area contributed by atoms with Crippen molar-refractivity contribution in [3.8, 4) is 0 Å². The average Bonchev–Trinajstić information content (AvgIpc) is 3.34. The third-order valence-corrected chi connectivity index (χ3v) is 10.2. The van der Waals surface area contributed by atoms with E-state index in [0.717, 1.165) is 38.5 Å². The van der Waals surface area contributed by atoms with E-state index in [4.69, 9.17) is 14.2 Å². The molecule has 0 unspecified atom stereocenters. The van der Waals surface area contributed by atoms with Crippen molar-refractivity contribution in [2.24, 2.45) is 28.6 Å². The summed E-state index contributed by atoms with van der Waals surface area (Å²) in [5.41, 5.74) is 1.98. The largest absolute Gasteiger partial charge is 0.459 e. The molecule has 6 atom stereocenters. The summed E-state index contributed by atoms with van der Waals surface area (Å²) in [4.78, 5) is 22.9. The van der Waals surface area contributed by atoms with E-state index in [1.54, 1.807) is 0 Å². The van der Waals surface area contributed by atoms with Crippen LogP contribution in [0.4, 0.5) is 0 Å². The van der Waals surface area contributed by atoms with Gasteiger partial charge in [0.05, 0.1) is 24.5 Å². The molecular weight excluding hydrogens is 434 g/mol. The normalized spacial score (nSPS) is 43.9. The van der Waals surface area contributed by atoms with E-state index >= 15 is 0 Å². The Morgan fingerprint density at radius 2 is 1.94 bits per heavy atom. The maximum Gasteiger partial charge on any atom is 0.303 e. The highest BCUT2D eigenvalue weighted by molar-refractivity contribution is 5.66. The number of aliphatic hydroxyl groups is 1. The van der Waals surface area contributed by atoms with E-state index in [0.29, 0.717) is 37.7 Å². The summed E-state index contributed by atoms with van der Waals surface area (Å²) in [5, 5.41) is 15.3. The van der Waals surface area contributed by atoms with Gasteiger partial charge in [0.25, 0.3) is 0 Å². The second-order valence-electron chi connectivity index (χ2n) is 11.7. The predicted molar refractivity (Wildman–Crippen MR) is 125 cm³/mol. The maximum absolute atomic E-state index is 12.4. The van der Waals surface area contributed by atoms with Gasteiger partial charge in [-0.25, -0.2) is 0 Å². The topological polar surface area (TPSA) is 94.1 Å². The van der Waals surface area contributed by atoms with Crippen molar-refractivity contribution >= 4 is 12.4 Å². The number of amides is 1. The SMILES string of the molecule is CC(=O)OCC(NC=O)=C1[C@@H](C)C[C@H]2[C@@H]3CC=C4CC5(CC[C@]4(C)[C@@]3(O)CC[C@]12C)OCCO5. The monoisotopic (exact) mass is 473 g/mol. The van der Waals surface area contributed by atoms with Crippen LogP contribution in [0.1, 0.15) is 72.6 Å². The first-order valence-corrected chi connectivity index (χ1v) is 12.9. The number of carbonyl (C=O) groups excluding carboxylic acids is 2. The van der Waals surface area contributed by atoms with Crippen molar-refractivity contribution in [1.82, 2.24) is 5.32 Å². The number of nitrogens with one attached hydrogen (secondary N) is 1. The van der Waals surface area contributed by atoms with Crippen molar-refractivity contribution in [2.75, 3.05) is 19.8 Å². The number of allylic oxidation sites excluding steroid dienone is 2. The van der Waals surface area contributed by atoms with Crippen molar-refractivity contribution in [2.45, 2.75) is 84.0 Å². The highest BCUT2D eigenvalue weighted by Gasteiger charge is 2.67. The van der Waals surface area contributed by atoms with Crippen LogP contribution in [0.2, 0.25) is 0 Å². The second-order valence-corrected chi connectivity index (χ2v) is 11.7. The number of ether oxygens (including phenoxy) is 3. The molecule has 7 nitrogen and oxygen atoms in total. The lowest BCUT2D eigenvalue weighted by molar-refractivity contribution is -0.218. The van der Waals surface area contributed by atoms with E-state index in [9.17, 15) is 14.7 Å². The van der Waals surface area contributed by atoms with Gasteiger partial charge in [0.15, 0.2) is 5.79 Å². The van der Waals surface area contributed by atoms with Crippen LogP contribution >= 0.6 is 0 Å². The average molecular weight is 474 g/mol. The minimum absolute atomic E-state index is 0.0782. The van der Waals surface area contributed by atoms with Gasteiger partial charge in [-0.2, -0.15) is 0 Å². The second kappa shape index (κ2) is 8.17. The summed E-state index contributed by atoms with van der Waals surface area (Å²) in [7, 11) is 0. The van der Waals surface area contributed by atoms with Crippen molar-refractivity contribution in [3.05, 3.63) is 22.9 Å². The zero-order valence-corrected chi connectivity index (χ0v) is 20.9. The van der Waals surface area contributed by atoms with Crippen LogP contribution < -0.4 is 5.32 Å². The van der Waals surface area contributed by atoms with Crippen LogP contribution in [0.3, 0.4) is 0 Å². The zero-order chi connectivity index (χ0) is 24.4. The van der Waals surface area contributed by atoms with Gasteiger partial charge in [-0.3, -0.25) is 9.59 Å². The molecule has 1 heterocycles. The fourth-order valence-corrected chi connectivity index (χ4v) is 8.53. The Kier molecular flexibility index (Phi) is 5.77. The first-order chi connectivity index (χ1) is 16.1. The van der Waals surface area contributed by atoms with Crippen LogP contribution in [-0.2, 0) is 23.8 Å². The summed E-state index contributed by atoms with van der Waals surface area (Å²) in [6, 6.07) is 0. The number of fused-ring (bicyclic) bond motifs is 5. The molecule has 0 radical (unpaired) electrons. The van der Waals surface area contributed by atoms with Crippen molar-refractivity contribution in [1.29, 1.82) is 0 Å². The smallest absolute Gasteiger partial charge is 0.303 e. The first kappa shape index (κ1) is 24.0. The van der Waals surface area contributed by atoms with Crippen LogP contribution in [0, 0.1) is 28.6 Å². The molecule has 0 aromatic rings. The molecule has 3 saturated carbocycles. The number of esters is 1. The highest BCUT2D eigenvalue weighted by atomic mass is 16.7. The van der Waals surface area contributed by atoms with Crippen LogP contribution in [0.15, 0.2) is 22.9 Å². The molecule has 2 N–H and O–H groups in total. The van der Waals surface area contributed by atoms with Crippen molar-refractivity contribution in [3.63, 3.8) is 0 Å². The number of hydrogen-bond donors (Lipinski definition) is 2. The molecule has 4 fully saturated rings. The minimum Gasteiger partial charge on any atom is -0.459 e. The molecule has 7 heteroatoms. The Morgan fingerprint density at radius 1 is 1.21 bits per heavy atom. The number of carbonyl (C=O) groups is 2.